The summed E-state index contributed by atoms with van der Waals surface area (Å²) in [6.07, 6.45) is 1.68. The smallest absolute Gasteiger partial charge is 0.231 e. The van der Waals surface area contributed by atoms with Crippen LogP contribution in [0.2, 0.25) is 0 Å². The van der Waals surface area contributed by atoms with Gasteiger partial charge in [-0.15, -0.1) is 0 Å². The first-order valence-corrected chi connectivity index (χ1v) is 11.7. The van der Waals surface area contributed by atoms with Crippen LogP contribution in [0.5, 0.6) is 0 Å². The lowest BCUT2D eigenvalue weighted by Crippen LogP contribution is -2.51. The Morgan fingerprint density at radius 1 is 1.21 bits per heavy atom. The van der Waals surface area contributed by atoms with Gasteiger partial charge >= 0.3 is 0 Å². The highest BCUT2D eigenvalue weighted by Crippen LogP contribution is 2.42. The lowest BCUT2D eigenvalue weighted by atomic mass is 9.95. The maximum Gasteiger partial charge on any atom is 0.231 e. The lowest BCUT2D eigenvalue weighted by Gasteiger charge is -2.38. The summed E-state index contributed by atoms with van der Waals surface area (Å²) in [5.74, 6) is 0.907. The highest BCUT2D eigenvalue weighted by molar-refractivity contribution is 5.84. The molecule has 2 aliphatic rings. The van der Waals surface area contributed by atoms with E-state index >= 15 is 0 Å². The van der Waals surface area contributed by atoms with Crippen molar-refractivity contribution in [1.29, 1.82) is 5.26 Å². The number of hydrogen-bond acceptors (Lipinski definition) is 7. The fraction of sp³-hybridized carbons (Fsp3) is 0.520. The number of aromatic nitrogens is 2. The normalized spacial score (nSPS) is 21.1. The third-order valence-electron chi connectivity index (χ3n) is 6.64. The first kappa shape index (κ1) is 23.1. The molecular weight excluding hydrogens is 416 g/mol. The second kappa shape index (κ2) is 9.86. The number of carbonyl (C=O) groups is 1. The van der Waals surface area contributed by atoms with E-state index in [1.54, 1.807) is 12.1 Å². The number of carbonyl (C=O) groups excluding carboxylic acids is 1. The van der Waals surface area contributed by atoms with E-state index in [2.05, 4.69) is 47.0 Å². The Morgan fingerprint density at radius 3 is 2.55 bits per heavy atom. The van der Waals surface area contributed by atoms with Crippen LogP contribution in [0.1, 0.15) is 67.5 Å². The molecule has 0 bridgehead atoms. The van der Waals surface area contributed by atoms with Crippen LogP contribution >= 0.6 is 0 Å². The first-order valence-electron chi connectivity index (χ1n) is 11.7. The number of anilines is 1. The minimum Gasteiger partial charge on any atom is -0.387 e. The van der Waals surface area contributed by atoms with E-state index in [1.807, 2.05) is 17.0 Å². The first-order chi connectivity index (χ1) is 15.9. The maximum absolute atomic E-state index is 13.5. The summed E-state index contributed by atoms with van der Waals surface area (Å²) < 4.78 is 0. The topological polar surface area (TPSA) is 105 Å². The SMILES string of the molecule is CC(C)NCC(C(=O)N1CCN(c2ncnc3c2[C@H](C)C[C@H]3O)CC1)c1ccc(C#N)cc1. The summed E-state index contributed by atoms with van der Waals surface area (Å²) in [5.41, 5.74) is 3.30. The van der Waals surface area contributed by atoms with Crippen molar-refractivity contribution in [2.45, 2.75) is 51.2 Å². The molecule has 0 spiro atoms. The van der Waals surface area contributed by atoms with Crippen LogP contribution in [0.15, 0.2) is 30.6 Å². The van der Waals surface area contributed by atoms with Gasteiger partial charge in [0, 0.05) is 44.3 Å². The van der Waals surface area contributed by atoms with E-state index in [0.29, 0.717) is 44.7 Å². The van der Waals surface area contributed by atoms with E-state index in [4.69, 9.17) is 5.26 Å². The highest BCUT2D eigenvalue weighted by Gasteiger charge is 2.35. The molecule has 174 valence electrons. The molecule has 8 heteroatoms. The minimum absolute atomic E-state index is 0.101. The quantitative estimate of drug-likeness (QED) is 0.699. The minimum atomic E-state index is -0.527. The molecule has 2 aromatic rings. The molecule has 8 nitrogen and oxygen atoms in total. The van der Waals surface area contributed by atoms with Crippen LogP contribution in [0.3, 0.4) is 0 Å². The Hall–Kier alpha value is -3.02. The number of nitrogens with zero attached hydrogens (tertiary/aromatic N) is 5. The van der Waals surface area contributed by atoms with E-state index in [9.17, 15) is 9.90 Å². The third kappa shape index (κ3) is 4.85. The number of rotatable bonds is 6. The third-order valence-corrected chi connectivity index (χ3v) is 6.64. The van der Waals surface area contributed by atoms with Crippen molar-refractivity contribution in [1.82, 2.24) is 20.2 Å². The van der Waals surface area contributed by atoms with Crippen LogP contribution in [0.4, 0.5) is 5.82 Å². The van der Waals surface area contributed by atoms with Gasteiger partial charge in [0.25, 0.3) is 0 Å². The summed E-state index contributed by atoms with van der Waals surface area (Å²) in [6, 6.07) is 9.72. The molecule has 0 saturated carbocycles. The van der Waals surface area contributed by atoms with Gasteiger partial charge in [-0.2, -0.15) is 5.26 Å². The number of hydrogen-bond donors (Lipinski definition) is 2. The fourth-order valence-electron chi connectivity index (χ4n) is 4.80. The van der Waals surface area contributed by atoms with Crippen molar-refractivity contribution in [3.63, 3.8) is 0 Å². The molecule has 1 amide bonds. The predicted octanol–water partition coefficient (Wildman–Crippen LogP) is 2.32. The number of nitrogens with one attached hydrogen (secondary N) is 1. The Bertz CT molecular complexity index is 1020. The zero-order valence-electron chi connectivity index (χ0n) is 19.5. The fourth-order valence-corrected chi connectivity index (χ4v) is 4.80. The van der Waals surface area contributed by atoms with Crippen LogP contribution < -0.4 is 10.2 Å². The second-order valence-corrected chi connectivity index (χ2v) is 9.31. The van der Waals surface area contributed by atoms with E-state index in [0.717, 1.165) is 22.6 Å². The van der Waals surface area contributed by atoms with Crippen molar-refractivity contribution < 1.29 is 9.90 Å². The van der Waals surface area contributed by atoms with Gasteiger partial charge in [-0.05, 0) is 30.0 Å². The predicted molar refractivity (Wildman–Crippen MR) is 126 cm³/mol. The summed E-state index contributed by atoms with van der Waals surface area (Å²) in [7, 11) is 0. The molecule has 0 radical (unpaired) electrons. The second-order valence-electron chi connectivity index (χ2n) is 9.31. The van der Waals surface area contributed by atoms with Crippen molar-refractivity contribution in [2.75, 3.05) is 37.6 Å². The van der Waals surface area contributed by atoms with Gasteiger partial charge in [0.15, 0.2) is 0 Å². The van der Waals surface area contributed by atoms with Crippen molar-refractivity contribution in [3.05, 3.63) is 53.0 Å². The Morgan fingerprint density at radius 2 is 1.91 bits per heavy atom. The van der Waals surface area contributed by atoms with E-state index in [-0.39, 0.29) is 23.8 Å². The van der Waals surface area contributed by atoms with Gasteiger partial charge in [0.2, 0.25) is 5.91 Å². The molecule has 4 rings (SSSR count). The number of piperazine rings is 1. The average Bonchev–Trinajstić information content (AvgIpc) is 3.13. The van der Waals surface area contributed by atoms with Crippen molar-refractivity contribution in [3.8, 4) is 6.07 Å². The zero-order chi connectivity index (χ0) is 23.5. The molecule has 1 unspecified atom stereocenters. The monoisotopic (exact) mass is 448 g/mol. The average molecular weight is 449 g/mol. The van der Waals surface area contributed by atoms with Crippen molar-refractivity contribution in [2.24, 2.45) is 0 Å². The Balaban J connectivity index is 1.47. The summed E-state index contributed by atoms with van der Waals surface area (Å²) in [4.78, 5) is 26.5. The van der Waals surface area contributed by atoms with Gasteiger partial charge in [-0.25, -0.2) is 9.97 Å². The molecule has 3 atom stereocenters. The van der Waals surface area contributed by atoms with E-state index < -0.39 is 6.10 Å². The Kier molecular flexibility index (Phi) is 6.91. The molecule has 1 aromatic heterocycles. The van der Waals surface area contributed by atoms with Crippen LogP contribution in [0, 0.1) is 11.3 Å². The molecule has 1 aromatic carbocycles. The van der Waals surface area contributed by atoms with Gasteiger partial charge < -0.3 is 20.2 Å². The molecule has 2 N–H and O–H groups in total. The zero-order valence-corrected chi connectivity index (χ0v) is 19.5. The molecule has 1 saturated heterocycles. The molecule has 1 fully saturated rings. The molecule has 1 aliphatic carbocycles. The lowest BCUT2D eigenvalue weighted by molar-refractivity contribution is -0.133. The number of amides is 1. The molecular formula is C25H32N6O2. The Labute approximate surface area is 195 Å². The standard InChI is InChI=1S/C25H32N6O2/c1-16(2)27-14-20(19-6-4-18(13-26)5-7-19)25(33)31-10-8-30(9-11-31)24-22-17(3)12-21(32)23(22)28-15-29-24/h4-7,15-17,20-21,27,32H,8-12,14H2,1-3H3/t17-,20?,21-/m1/s1. The number of fused-ring (bicyclic) bond motifs is 1. The molecule has 1 aliphatic heterocycles. The van der Waals surface area contributed by atoms with Crippen LogP contribution in [-0.4, -0.2) is 64.6 Å². The summed E-state index contributed by atoms with van der Waals surface area (Å²) in [6.45, 7) is 9.40. The van der Waals surface area contributed by atoms with Gasteiger partial charge in [0.05, 0.1) is 29.3 Å². The summed E-state index contributed by atoms with van der Waals surface area (Å²) in [5, 5.41) is 22.8. The molecule has 33 heavy (non-hydrogen) atoms. The van der Waals surface area contributed by atoms with Crippen LogP contribution in [-0.2, 0) is 4.79 Å². The van der Waals surface area contributed by atoms with Crippen molar-refractivity contribution >= 4 is 11.7 Å². The van der Waals surface area contributed by atoms with Gasteiger partial charge in [-0.1, -0.05) is 32.9 Å². The number of benzene rings is 1. The van der Waals surface area contributed by atoms with Gasteiger partial charge in [-0.3, -0.25) is 4.79 Å². The summed E-state index contributed by atoms with van der Waals surface area (Å²) >= 11 is 0. The largest absolute Gasteiger partial charge is 0.387 e. The van der Waals surface area contributed by atoms with Crippen LogP contribution in [0.25, 0.3) is 0 Å². The number of nitriles is 1. The number of aliphatic hydroxyl groups excluding tert-OH is 1. The van der Waals surface area contributed by atoms with E-state index in [1.165, 1.54) is 6.33 Å². The molecule has 2 heterocycles. The highest BCUT2D eigenvalue weighted by atomic mass is 16.3. The number of aliphatic hydroxyl groups is 1. The maximum atomic E-state index is 13.5. The van der Waals surface area contributed by atoms with Gasteiger partial charge in [0.1, 0.15) is 12.1 Å².